The van der Waals surface area contributed by atoms with Crippen molar-refractivity contribution in [2.45, 2.75) is 91.5 Å². The number of cyclic esters (lactones) is 1. The topological polar surface area (TPSA) is 96.7 Å². The molecule has 2 heterocycles. The lowest BCUT2D eigenvalue weighted by Gasteiger charge is -2.35. The lowest BCUT2D eigenvalue weighted by molar-refractivity contribution is -0.154. The van der Waals surface area contributed by atoms with Crippen LogP contribution in [0.3, 0.4) is 0 Å². The molecule has 1 aromatic heterocycles. The van der Waals surface area contributed by atoms with Crippen molar-refractivity contribution in [3.63, 3.8) is 0 Å². The Morgan fingerprint density at radius 2 is 2.06 bits per heavy atom. The van der Waals surface area contributed by atoms with Crippen molar-refractivity contribution in [1.82, 2.24) is 4.98 Å². The molecule has 198 valence electrons. The van der Waals surface area contributed by atoms with Crippen molar-refractivity contribution in [3.05, 3.63) is 33.6 Å². The summed E-state index contributed by atoms with van der Waals surface area (Å²) in [6.45, 7) is 8.65. The molecule has 0 saturated carbocycles. The van der Waals surface area contributed by atoms with E-state index in [1.54, 1.807) is 5.38 Å². The lowest BCUT2D eigenvalue weighted by Crippen LogP contribution is -2.46. The number of thiazole rings is 1. The summed E-state index contributed by atoms with van der Waals surface area (Å²) in [5.74, 6) is -0.483. The zero-order valence-corrected chi connectivity index (χ0v) is 22.6. The van der Waals surface area contributed by atoms with E-state index in [2.05, 4.69) is 10.9 Å². The van der Waals surface area contributed by atoms with Crippen molar-refractivity contribution in [3.8, 4) is 12.3 Å². The van der Waals surface area contributed by atoms with E-state index in [1.807, 2.05) is 26.8 Å². The Bertz CT molecular complexity index is 1020. The zero-order chi connectivity index (χ0) is 27.0. The summed E-state index contributed by atoms with van der Waals surface area (Å²) in [5, 5.41) is 24.3. The van der Waals surface area contributed by atoms with Crippen LogP contribution in [0.4, 0.5) is 4.39 Å². The van der Waals surface area contributed by atoms with E-state index >= 15 is 4.39 Å². The predicted molar refractivity (Wildman–Crippen MR) is 140 cm³/mol. The molecule has 5 atom stereocenters. The second kappa shape index (κ2) is 13.3. The van der Waals surface area contributed by atoms with E-state index in [1.165, 1.54) is 31.3 Å². The number of hydrogen-bond donors (Lipinski definition) is 2. The van der Waals surface area contributed by atoms with Crippen molar-refractivity contribution < 1.29 is 28.9 Å². The van der Waals surface area contributed by atoms with Crippen molar-refractivity contribution in [2.24, 2.45) is 17.3 Å². The van der Waals surface area contributed by atoms with Crippen LogP contribution in [0, 0.1) is 36.5 Å². The number of Topliss-reactive ketones (excluding diaryl/α,β-unsaturated/α-hetero) is 1. The van der Waals surface area contributed by atoms with Gasteiger partial charge in [-0.1, -0.05) is 32.4 Å². The monoisotopic (exact) mass is 519 g/mol. The van der Waals surface area contributed by atoms with Gasteiger partial charge in [-0.15, -0.1) is 23.7 Å². The number of allylic oxidation sites excluding steroid dienone is 1. The number of aryl methyl sites for hydroxylation is 1. The first-order valence-electron chi connectivity index (χ1n) is 12.3. The smallest absolute Gasteiger partial charge is 0.309 e. The highest BCUT2D eigenvalue weighted by molar-refractivity contribution is 7.09. The molecule has 0 radical (unpaired) electrons. The van der Waals surface area contributed by atoms with Gasteiger partial charge in [-0.2, -0.15) is 0 Å². The molecule has 0 spiro atoms. The quantitative estimate of drug-likeness (QED) is 0.325. The van der Waals surface area contributed by atoms with Crippen LogP contribution in [0.5, 0.6) is 0 Å². The minimum atomic E-state index is -1.40. The van der Waals surface area contributed by atoms with Crippen LogP contribution in [0.1, 0.15) is 76.9 Å². The minimum absolute atomic E-state index is 0.0258. The van der Waals surface area contributed by atoms with E-state index in [0.29, 0.717) is 18.5 Å². The maximum atomic E-state index is 15.2. The maximum Gasteiger partial charge on any atom is 0.309 e. The molecule has 36 heavy (non-hydrogen) atoms. The number of halogens is 1. The molecule has 2 N–H and O–H groups in total. The molecule has 1 aliphatic rings. The minimum Gasteiger partial charge on any atom is -0.455 e. The first kappa shape index (κ1) is 29.9. The molecule has 0 bridgehead atoms. The molecule has 8 heteroatoms. The van der Waals surface area contributed by atoms with Crippen molar-refractivity contribution >= 4 is 29.2 Å². The number of terminal acetylenes is 1. The summed E-state index contributed by atoms with van der Waals surface area (Å²) in [5.41, 5.74) is 0.0638. The first-order chi connectivity index (χ1) is 16.9. The first-order valence-corrected chi connectivity index (χ1v) is 13.2. The van der Waals surface area contributed by atoms with Crippen molar-refractivity contribution in [2.75, 3.05) is 0 Å². The molecule has 1 aromatic rings. The summed E-state index contributed by atoms with van der Waals surface area (Å²) in [6, 6.07) is 0. The van der Waals surface area contributed by atoms with Gasteiger partial charge in [0, 0.05) is 24.3 Å². The van der Waals surface area contributed by atoms with Crippen LogP contribution in [-0.2, 0) is 14.3 Å². The number of ether oxygens (including phenoxy) is 1. The average Bonchev–Trinajstić information content (AvgIpc) is 3.22. The van der Waals surface area contributed by atoms with Crippen molar-refractivity contribution in [1.29, 1.82) is 0 Å². The van der Waals surface area contributed by atoms with E-state index < -0.39 is 53.6 Å². The Kier molecular flexibility index (Phi) is 11.0. The maximum absolute atomic E-state index is 15.2. The second-order valence-corrected chi connectivity index (χ2v) is 11.3. The van der Waals surface area contributed by atoms with Gasteiger partial charge in [-0.25, -0.2) is 9.37 Å². The molecule has 0 aliphatic carbocycles. The van der Waals surface area contributed by atoms with Gasteiger partial charge in [0.15, 0.2) is 6.10 Å². The molecule has 2 rings (SSSR count). The summed E-state index contributed by atoms with van der Waals surface area (Å²) in [6.07, 6.45) is 6.82. The fourth-order valence-electron chi connectivity index (χ4n) is 4.34. The van der Waals surface area contributed by atoms with E-state index in [-0.39, 0.29) is 18.8 Å². The van der Waals surface area contributed by atoms with Gasteiger partial charge in [0.25, 0.3) is 0 Å². The van der Waals surface area contributed by atoms with Gasteiger partial charge in [0.05, 0.1) is 40.7 Å². The average molecular weight is 520 g/mol. The number of aromatic nitrogens is 1. The van der Waals surface area contributed by atoms with Gasteiger partial charge >= 0.3 is 5.97 Å². The summed E-state index contributed by atoms with van der Waals surface area (Å²) in [7, 11) is 0. The third-order valence-corrected chi connectivity index (χ3v) is 7.70. The predicted octanol–water partition coefficient (Wildman–Crippen LogP) is 5.18. The van der Waals surface area contributed by atoms with Crippen LogP contribution in [0.2, 0.25) is 0 Å². The molecule has 0 amide bonds. The zero-order valence-electron chi connectivity index (χ0n) is 21.8. The lowest BCUT2D eigenvalue weighted by atomic mass is 9.71. The molecular weight excluding hydrogens is 481 g/mol. The summed E-state index contributed by atoms with van der Waals surface area (Å²) in [4.78, 5) is 30.4. The summed E-state index contributed by atoms with van der Waals surface area (Å²) >= 11 is 1.39. The number of carbonyl (C=O) groups excluding carboxylic acids is 2. The molecule has 0 unspecified atom stereocenters. The van der Waals surface area contributed by atoms with Crippen LogP contribution in [-0.4, -0.2) is 45.3 Å². The fraction of sp³-hybridized carbons (Fsp3) is 0.607. The van der Waals surface area contributed by atoms with Crippen LogP contribution in [0.25, 0.3) is 6.08 Å². The molecule has 1 aliphatic heterocycles. The van der Waals surface area contributed by atoms with Crippen LogP contribution in [0.15, 0.2) is 22.9 Å². The molecule has 0 aromatic carbocycles. The molecular formula is C28H38FNO5S. The van der Waals surface area contributed by atoms with Crippen LogP contribution >= 0.6 is 11.3 Å². The molecule has 0 fully saturated rings. The Balaban J connectivity index is 2.37. The number of aliphatic hydroxyl groups is 2. The highest BCUT2D eigenvalue weighted by Gasteiger charge is 2.43. The largest absolute Gasteiger partial charge is 0.455 e. The van der Waals surface area contributed by atoms with Crippen LogP contribution < -0.4 is 0 Å². The molecule has 0 saturated heterocycles. The number of rotatable bonds is 3. The van der Waals surface area contributed by atoms with E-state index in [4.69, 9.17) is 11.2 Å². The second-order valence-electron chi connectivity index (χ2n) is 10.3. The van der Waals surface area contributed by atoms with E-state index in [0.717, 1.165) is 17.0 Å². The van der Waals surface area contributed by atoms with E-state index in [9.17, 15) is 19.8 Å². The third kappa shape index (κ3) is 8.09. The number of carbonyl (C=O) groups is 2. The highest BCUT2D eigenvalue weighted by Crippen LogP contribution is 2.34. The van der Waals surface area contributed by atoms with Gasteiger partial charge in [0.1, 0.15) is 11.6 Å². The van der Waals surface area contributed by atoms with Gasteiger partial charge in [-0.05, 0) is 39.0 Å². The fourth-order valence-corrected chi connectivity index (χ4v) is 4.91. The number of ketones is 1. The Morgan fingerprint density at radius 1 is 1.36 bits per heavy atom. The normalized spacial score (nSPS) is 30.7. The Labute approximate surface area is 217 Å². The van der Waals surface area contributed by atoms with Gasteiger partial charge < -0.3 is 14.9 Å². The number of nitrogens with zero attached hydrogens (tertiary/aromatic N) is 1. The Morgan fingerprint density at radius 3 is 2.67 bits per heavy atom. The number of esters is 1. The SMILES string of the molecule is C#CC[C@H]1C(=O)C(C)(C)[C@@H](O)CC(=O)O[C@H](/C(F)=C/c2csc(C)n2)C/C=C(/C)CCC[C@H](C)[C@@H]1O. The number of hydrogen-bond acceptors (Lipinski definition) is 7. The Hall–Kier alpha value is -2.34. The standard InChI is InChI=1S/C28H38FNO5S/c1-7-9-21-26(33)18(3)11-8-10-17(2)12-13-23(22(29)14-20-16-36-19(4)30-20)35-25(32)15-24(31)28(5,6)27(21)34/h1,12,14,16,18,21,23-24,26,31,33H,8-11,13,15H2,2-6H3/b17-12-,22-14-/t18-,21+,23-,24-,26-/m0/s1. The number of aliphatic hydroxyl groups excluding tert-OH is 2. The highest BCUT2D eigenvalue weighted by atomic mass is 32.1. The third-order valence-electron chi connectivity index (χ3n) is 6.91. The molecule has 6 nitrogen and oxygen atoms in total. The summed E-state index contributed by atoms with van der Waals surface area (Å²) < 4.78 is 20.6. The van der Waals surface area contributed by atoms with Gasteiger partial charge in [0.2, 0.25) is 0 Å². The van der Waals surface area contributed by atoms with Gasteiger partial charge in [-0.3, -0.25) is 9.59 Å².